The molecule has 0 aliphatic carbocycles. The van der Waals surface area contributed by atoms with Crippen LogP contribution in [0.4, 0.5) is 0 Å². The fourth-order valence-electron chi connectivity index (χ4n) is 13.4. The van der Waals surface area contributed by atoms with Gasteiger partial charge in [-0.2, -0.15) is 11.8 Å². The molecule has 2 aromatic heterocycles. The Labute approximate surface area is 768 Å². The van der Waals surface area contributed by atoms with Crippen LogP contribution < -0.4 is 102 Å². The number of thioether (sulfide) groups is 1. The van der Waals surface area contributed by atoms with Crippen LogP contribution >= 0.6 is 11.8 Å². The van der Waals surface area contributed by atoms with Gasteiger partial charge in [-0.05, 0) is 129 Å². The molecule has 14 atom stereocenters. The lowest BCUT2D eigenvalue weighted by molar-refractivity contribution is -0.143. The summed E-state index contributed by atoms with van der Waals surface area (Å²) in [4.78, 5) is 233. The van der Waals surface area contributed by atoms with E-state index in [2.05, 4.69) is 100 Å². The zero-order valence-electron chi connectivity index (χ0n) is 73.9. The van der Waals surface area contributed by atoms with Crippen molar-refractivity contribution in [2.24, 2.45) is 23.1 Å². The van der Waals surface area contributed by atoms with E-state index in [1.165, 1.54) is 86.7 Å². The second kappa shape index (κ2) is 54.9. The summed E-state index contributed by atoms with van der Waals surface area (Å²) < 4.78 is 0. The second-order valence-electron chi connectivity index (χ2n) is 31.8. The van der Waals surface area contributed by atoms with Gasteiger partial charge in [0.2, 0.25) is 82.7 Å². The number of guanidine groups is 2. The third-order valence-corrected chi connectivity index (χ3v) is 21.3. The zero-order valence-corrected chi connectivity index (χ0v) is 74.8. The first kappa shape index (κ1) is 107. The number of carbonyl (C=O) groups is 16. The van der Waals surface area contributed by atoms with Crippen LogP contribution in [0.1, 0.15) is 107 Å². The van der Waals surface area contributed by atoms with Gasteiger partial charge in [-0.25, -0.2) is 9.78 Å². The highest BCUT2D eigenvalue weighted by molar-refractivity contribution is 7.98. The number of nitrogens with two attached hydrogens (primary N) is 3. The molecule has 0 saturated carbocycles. The number of carboxylic acid groups (broad SMARTS) is 2. The Balaban J connectivity index is 1.16. The van der Waals surface area contributed by atoms with Crippen molar-refractivity contribution >= 4 is 129 Å². The van der Waals surface area contributed by atoms with Crippen LogP contribution in [-0.4, -0.2) is 282 Å². The minimum absolute atomic E-state index is 0.00115. The molecule has 0 aliphatic rings. The minimum atomic E-state index is -1.88. The summed E-state index contributed by atoms with van der Waals surface area (Å²) in [6.07, 6.45) is 3.36. The van der Waals surface area contributed by atoms with E-state index < -0.39 is 218 Å². The number of amides is 14. The van der Waals surface area contributed by atoms with Crippen molar-refractivity contribution in [1.29, 1.82) is 10.8 Å². The van der Waals surface area contributed by atoms with E-state index in [0.717, 1.165) is 0 Å². The van der Waals surface area contributed by atoms with Gasteiger partial charge in [-0.3, -0.25) is 82.7 Å². The fraction of sp³-hybridized carbons (Fsp3) is 0.453. The summed E-state index contributed by atoms with van der Waals surface area (Å²) in [7, 11) is 0. The Hall–Kier alpha value is -14.5. The summed E-state index contributed by atoms with van der Waals surface area (Å²) in [6, 6.07) is 4.52. The standard InChI is InChI=1S/C86H120N24O22S/c1-45(2)33-61(79(126)107-64(36-50-21-25-54(114)26-22-50)82(129)110-68(43-112)84(131)132)106-80(127)62(34-48-13-7-6-8-14-48)100-69(115)41-96-74(121)65(37-51-39-95-57-17-10-9-15-55(51)57)108-77(124)59(27-28-70(116)117)101-71(118)46(3)98-75(122)60(29-32-133-5)103-83(130)67(42-111)109-76(123)58(18-12-31-94-86(90)91)102-81(128)63(35-49-19-23-53(113)24-20-49)104-72(119)47(4)99-78(125)66(38-52-40-92-44-97-52)105-73(120)56(87)16-11-30-93-85(88)89/h6-10,13-15,17,19-26,39-40,44-47,56,58-68,95,111-114H,11-12,16,18,27-38,41-43,87H2,1-5H3,(H,92,97)(H,96,121)(H,98,122)(H,99,125)(H,100,115)(H,101,118)(H,102,128)(H,103,130)(H,104,119)(H,105,120)(H,106,127)(H,107,126)(H,108,124)(H,109,123)(H,110,129)(H,116,117)(H,131,132)(H4,88,89,93)(H4,90,91,94)/t46-,47-,56-,58-,59-,60-,61-,62-,63-,64-,65-,66-,67-,68-/m0/s1. The van der Waals surface area contributed by atoms with E-state index in [1.54, 1.807) is 80.9 Å². The maximum absolute atomic E-state index is 14.7. The van der Waals surface area contributed by atoms with Crippen molar-refractivity contribution in [3.63, 3.8) is 0 Å². The van der Waals surface area contributed by atoms with Crippen LogP contribution in [-0.2, 0) is 109 Å². The van der Waals surface area contributed by atoms with Crippen LogP contribution in [0.5, 0.6) is 11.5 Å². The Morgan fingerprint density at radius 3 is 1.35 bits per heavy atom. The fourth-order valence-corrected chi connectivity index (χ4v) is 13.9. The number of phenolic OH excluding ortho intramolecular Hbond substituents is 2. The predicted octanol–water partition coefficient (Wildman–Crippen LogP) is -5.14. The molecule has 32 N–H and O–H groups in total. The van der Waals surface area contributed by atoms with Crippen molar-refractivity contribution in [3.8, 4) is 11.5 Å². The van der Waals surface area contributed by atoms with Crippen LogP contribution in [0.15, 0.2) is 122 Å². The van der Waals surface area contributed by atoms with Crippen LogP contribution in [0.25, 0.3) is 10.9 Å². The molecule has 0 radical (unpaired) electrons. The lowest BCUT2D eigenvalue weighted by atomic mass is 9.99. The molecule has 133 heavy (non-hydrogen) atoms. The number of imidazole rings is 1. The smallest absolute Gasteiger partial charge is 0.328 e. The third-order valence-electron chi connectivity index (χ3n) is 20.7. The zero-order chi connectivity index (χ0) is 98.0. The maximum atomic E-state index is 14.7. The van der Waals surface area contributed by atoms with Gasteiger partial charge in [0.05, 0.1) is 32.1 Å². The predicted molar refractivity (Wildman–Crippen MR) is 485 cm³/mol. The molecule has 0 unspecified atom stereocenters. The molecule has 0 bridgehead atoms. The van der Waals surface area contributed by atoms with Crippen molar-refractivity contribution in [1.82, 2.24) is 100 Å². The van der Waals surface area contributed by atoms with E-state index in [9.17, 15) is 107 Å². The highest BCUT2D eigenvalue weighted by atomic mass is 32.2. The van der Waals surface area contributed by atoms with Gasteiger partial charge >= 0.3 is 11.9 Å². The summed E-state index contributed by atoms with van der Waals surface area (Å²) in [5.41, 5.74) is 19.8. The molecule has 0 spiro atoms. The number of carbonyl (C=O) groups excluding carboxylic acids is 14. The van der Waals surface area contributed by atoms with Gasteiger partial charge in [0, 0.05) is 80.6 Å². The molecule has 47 heteroatoms. The number of nitrogens with zero attached hydrogens (tertiary/aromatic N) is 1. The molecule has 722 valence electrons. The normalized spacial score (nSPS) is 14.2. The average molecular weight is 1870 g/mol. The summed E-state index contributed by atoms with van der Waals surface area (Å²) in [5, 5.41) is 116. The number of rotatable bonds is 57. The molecule has 0 fully saturated rings. The number of aromatic amines is 2. The van der Waals surface area contributed by atoms with Crippen molar-refractivity contribution < 1.29 is 107 Å². The highest BCUT2D eigenvalue weighted by Crippen LogP contribution is 2.21. The number of benzene rings is 4. The lowest BCUT2D eigenvalue weighted by Crippen LogP contribution is -2.61. The summed E-state index contributed by atoms with van der Waals surface area (Å²) in [6.45, 7) is 3.13. The number of aliphatic hydroxyl groups excluding tert-OH is 2. The number of carboxylic acids is 2. The van der Waals surface area contributed by atoms with E-state index in [1.807, 2.05) is 0 Å². The Morgan fingerprint density at radius 1 is 0.429 bits per heavy atom. The molecule has 4 aromatic carbocycles. The van der Waals surface area contributed by atoms with Crippen LogP contribution in [0, 0.1) is 16.7 Å². The topological polar surface area (TPSA) is 757 Å². The van der Waals surface area contributed by atoms with Crippen molar-refractivity contribution in [3.05, 3.63) is 150 Å². The number of fused-ring (bicyclic) bond motifs is 1. The number of H-pyrrole nitrogens is 2. The average Bonchev–Trinajstić information content (AvgIpc) is 1.68. The van der Waals surface area contributed by atoms with Crippen molar-refractivity contribution in [2.75, 3.05) is 44.9 Å². The molecule has 14 amide bonds. The first-order valence-corrected chi connectivity index (χ1v) is 44.0. The molecule has 0 aliphatic heterocycles. The number of hydrogen-bond acceptors (Lipinski definition) is 25. The number of phenols is 2. The molecule has 6 rings (SSSR count). The van der Waals surface area contributed by atoms with Crippen LogP contribution in [0.3, 0.4) is 0 Å². The quantitative estimate of drug-likeness (QED) is 0.00964. The van der Waals surface area contributed by atoms with E-state index in [0.29, 0.717) is 45.3 Å². The molecular formula is C86H120N24O22S. The highest BCUT2D eigenvalue weighted by Gasteiger charge is 2.38. The number of nitrogens with one attached hydrogen (secondary N) is 20. The van der Waals surface area contributed by atoms with Crippen molar-refractivity contribution in [2.45, 2.75) is 196 Å². The summed E-state index contributed by atoms with van der Waals surface area (Å²) >= 11 is 1.23. The molecule has 0 saturated heterocycles. The Kier molecular flexibility index (Phi) is 44.3. The van der Waals surface area contributed by atoms with Gasteiger partial charge in [-0.1, -0.05) is 86.6 Å². The monoisotopic (exact) mass is 1870 g/mol. The third kappa shape index (κ3) is 37.5. The van der Waals surface area contributed by atoms with Crippen LogP contribution in [0.2, 0.25) is 0 Å². The van der Waals surface area contributed by atoms with Gasteiger partial charge in [0.25, 0.3) is 0 Å². The van der Waals surface area contributed by atoms with Gasteiger partial charge in [-0.15, -0.1) is 0 Å². The first-order valence-electron chi connectivity index (χ1n) is 42.6. The van der Waals surface area contributed by atoms with E-state index in [-0.39, 0.29) is 106 Å². The lowest BCUT2D eigenvalue weighted by Gasteiger charge is -2.27. The molecule has 46 nitrogen and oxygen atoms in total. The van der Waals surface area contributed by atoms with E-state index in [4.69, 9.17) is 28.0 Å². The number of aromatic hydroxyl groups is 2. The SMILES string of the molecule is CSCC[C@H](NC(=O)[C@H](CO)NC(=O)[C@H](CCCNC(=N)N)NC(=O)[C@H](Cc1ccc(O)cc1)NC(=O)[C@H](C)NC(=O)[C@H](Cc1cnc[nH]1)NC(=O)[C@@H](N)CCCNC(=N)N)C(=O)N[C@@H](C)C(=O)N[C@@H](CCC(=O)O)C(=O)N[C@@H](Cc1c[nH]c2ccccc12)C(=O)NCC(=O)N[C@@H](Cc1ccccc1)C(=O)N[C@@H](CC(C)C)C(=O)N[C@@H](Cc1ccc(O)cc1)C(=O)N[C@@H](CO)C(=O)O. The number of aliphatic carboxylic acids is 2. The Morgan fingerprint density at radius 2 is 0.842 bits per heavy atom. The largest absolute Gasteiger partial charge is 0.508 e. The van der Waals surface area contributed by atoms with E-state index >= 15 is 0 Å². The van der Waals surface area contributed by atoms with Gasteiger partial charge in [0.1, 0.15) is 90.0 Å². The maximum Gasteiger partial charge on any atom is 0.328 e. The Bertz CT molecular complexity index is 4950. The number of aliphatic hydroxyl groups is 2. The number of aromatic nitrogens is 3. The molecule has 6 aromatic rings. The number of hydrogen-bond donors (Lipinski definition) is 29. The summed E-state index contributed by atoms with van der Waals surface area (Å²) in [5.74, 6) is -18.0. The molecular weight excluding hydrogens is 1750 g/mol. The second-order valence-corrected chi connectivity index (χ2v) is 32.8. The number of para-hydroxylation sites is 1. The first-order chi connectivity index (χ1) is 63.2. The van der Waals surface area contributed by atoms with Gasteiger partial charge in [0.15, 0.2) is 11.9 Å². The van der Waals surface area contributed by atoms with Gasteiger partial charge < -0.3 is 143 Å². The molecule has 2 heterocycles. The minimum Gasteiger partial charge on any atom is -0.508 e.